The smallest absolute Gasteiger partial charge is 0.220 e. The summed E-state index contributed by atoms with van der Waals surface area (Å²) in [6, 6.07) is -0.531. The van der Waals surface area contributed by atoms with Crippen LogP contribution in [0.25, 0.3) is 0 Å². The average Bonchev–Trinajstić information content (AvgIpc) is 3.29. The van der Waals surface area contributed by atoms with Gasteiger partial charge in [-0.25, -0.2) is 0 Å². The van der Waals surface area contributed by atoms with E-state index in [2.05, 4.69) is 19.2 Å². The van der Waals surface area contributed by atoms with Crippen LogP contribution < -0.4 is 5.32 Å². The van der Waals surface area contributed by atoms with Gasteiger partial charge in [0.15, 0.2) is 0 Å². The van der Waals surface area contributed by atoms with Crippen molar-refractivity contribution in [2.75, 3.05) is 6.61 Å². The number of rotatable bonds is 56. The van der Waals surface area contributed by atoms with Crippen molar-refractivity contribution in [3.05, 3.63) is 0 Å². The lowest BCUT2D eigenvalue weighted by molar-refractivity contribution is -0.123. The zero-order valence-corrected chi connectivity index (χ0v) is 43.6. The highest BCUT2D eigenvalue weighted by Crippen LogP contribution is 2.19. The quantitative estimate of drug-likeness (QED) is 0.0533. The van der Waals surface area contributed by atoms with Gasteiger partial charge in [0.25, 0.3) is 0 Å². The van der Waals surface area contributed by atoms with Crippen LogP contribution in [0.2, 0.25) is 0 Å². The zero-order chi connectivity index (χ0) is 45.6. The third kappa shape index (κ3) is 52.2. The Morgan fingerprint density at radius 3 is 0.714 bits per heavy atom. The van der Waals surface area contributed by atoms with E-state index in [1.807, 2.05) is 0 Å². The number of hydrogen-bond acceptors (Lipinski definition) is 3. The van der Waals surface area contributed by atoms with Crippen LogP contribution in [0.1, 0.15) is 354 Å². The summed E-state index contributed by atoms with van der Waals surface area (Å²) >= 11 is 0. The molecule has 0 saturated heterocycles. The summed E-state index contributed by atoms with van der Waals surface area (Å²) in [6.07, 6.45) is 71.1. The molecule has 1 amide bonds. The molecule has 0 aliphatic heterocycles. The van der Waals surface area contributed by atoms with E-state index in [1.54, 1.807) is 0 Å². The summed E-state index contributed by atoms with van der Waals surface area (Å²) in [5.41, 5.74) is 0. The van der Waals surface area contributed by atoms with Crippen LogP contribution in [0.3, 0.4) is 0 Å². The molecule has 0 aliphatic carbocycles. The normalized spacial score (nSPS) is 12.6. The van der Waals surface area contributed by atoms with Crippen molar-refractivity contribution in [2.24, 2.45) is 0 Å². The number of aliphatic hydroxyl groups excluding tert-OH is 2. The molecule has 2 unspecified atom stereocenters. The van der Waals surface area contributed by atoms with E-state index in [0.717, 1.165) is 25.7 Å². The molecule has 0 aromatic heterocycles. The summed E-state index contributed by atoms with van der Waals surface area (Å²) in [5, 5.41) is 23.4. The van der Waals surface area contributed by atoms with Crippen molar-refractivity contribution >= 4 is 5.91 Å². The van der Waals surface area contributed by atoms with E-state index in [9.17, 15) is 15.0 Å². The first-order chi connectivity index (χ1) is 31.2. The Morgan fingerprint density at radius 2 is 0.508 bits per heavy atom. The van der Waals surface area contributed by atoms with Crippen molar-refractivity contribution in [1.29, 1.82) is 0 Å². The van der Waals surface area contributed by atoms with E-state index in [-0.39, 0.29) is 12.5 Å². The SMILES string of the molecule is CCCCCCCCCCCCCCCCCCCCCCCCCCCCCCCCCC(O)C(CO)NC(=O)CCCCCCCCCCCCCCCCCCCCCC. The van der Waals surface area contributed by atoms with E-state index >= 15 is 0 Å². The van der Waals surface area contributed by atoms with Crippen molar-refractivity contribution in [3.8, 4) is 0 Å². The van der Waals surface area contributed by atoms with Crippen molar-refractivity contribution in [2.45, 2.75) is 366 Å². The second kappa shape index (κ2) is 55.7. The second-order valence-corrected chi connectivity index (χ2v) is 20.8. The van der Waals surface area contributed by atoms with Gasteiger partial charge in [-0.1, -0.05) is 335 Å². The van der Waals surface area contributed by atoms with E-state index in [4.69, 9.17) is 0 Å². The molecule has 0 saturated carbocycles. The van der Waals surface area contributed by atoms with Gasteiger partial charge in [0, 0.05) is 6.42 Å². The number of carbonyl (C=O) groups is 1. The Kier molecular flexibility index (Phi) is 55.2. The van der Waals surface area contributed by atoms with Crippen LogP contribution in [0.4, 0.5) is 0 Å². The highest BCUT2D eigenvalue weighted by molar-refractivity contribution is 5.76. The lowest BCUT2D eigenvalue weighted by Crippen LogP contribution is -2.45. The molecule has 0 radical (unpaired) electrons. The number of amides is 1. The topological polar surface area (TPSA) is 69.6 Å². The Hall–Kier alpha value is -0.610. The Morgan fingerprint density at radius 1 is 0.317 bits per heavy atom. The number of aliphatic hydroxyl groups is 2. The van der Waals surface area contributed by atoms with Crippen LogP contribution in [0.15, 0.2) is 0 Å². The highest BCUT2D eigenvalue weighted by Gasteiger charge is 2.20. The molecule has 0 heterocycles. The molecule has 0 spiro atoms. The molecule has 0 rings (SSSR count). The molecular formula is C59H119NO3. The van der Waals surface area contributed by atoms with E-state index < -0.39 is 12.1 Å². The number of hydrogen-bond donors (Lipinski definition) is 3. The maximum atomic E-state index is 12.5. The lowest BCUT2D eigenvalue weighted by atomic mass is 10.0. The fraction of sp³-hybridized carbons (Fsp3) is 0.983. The van der Waals surface area contributed by atoms with Gasteiger partial charge in [0.05, 0.1) is 18.8 Å². The molecular weight excluding hydrogens is 771 g/mol. The third-order valence-electron chi connectivity index (χ3n) is 14.4. The van der Waals surface area contributed by atoms with Gasteiger partial charge in [-0.2, -0.15) is 0 Å². The third-order valence-corrected chi connectivity index (χ3v) is 14.4. The summed E-state index contributed by atoms with van der Waals surface area (Å²) < 4.78 is 0. The monoisotopic (exact) mass is 890 g/mol. The fourth-order valence-corrected chi connectivity index (χ4v) is 9.84. The first kappa shape index (κ1) is 62.4. The molecule has 0 bridgehead atoms. The minimum absolute atomic E-state index is 0.0218. The first-order valence-electron chi connectivity index (χ1n) is 29.7. The Labute approximate surface area is 397 Å². The fourth-order valence-electron chi connectivity index (χ4n) is 9.84. The molecule has 2 atom stereocenters. The van der Waals surface area contributed by atoms with Gasteiger partial charge in [0.2, 0.25) is 5.91 Å². The van der Waals surface area contributed by atoms with E-state index in [0.29, 0.717) is 12.8 Å². The van der Waals surface area contributed by atoms with Gasteiger partial charge >= 0.3 is 0 Å². The maximum Gasteiger partial charge on any atom is 0.220 e. The lowest BCUT2D eigenvalue weighted by Gasteiger charge is -2.22. The van der Waals surface area contributed by atoms with Crippen molar-refractivity contribution < 1.29 is 15.0 Å². The van der Waals surface area contributed by atoms with Gasteiger partial charge in [-0.3, -0.25) is 4.79 Å². The predicted octanol–water partition coefficient (Wildman–Crippen LogP) is 19.5. The molecule has 0 fully saturated rings. The molecule has 3 N–H and O–H groups in total. The minimum atomic E-state index is -0.655. The van der Waals surface area contributed by atoms with Crippen molar-refractivity contribution in [1.82, 2.24) is 5.32 Å². The van der Waals surface area contributed by atoms with Crippen LogP contribution in [0.5, 0.6) is 0 Å². The van der Waals surface area contributed by atoms with Crippen LogP contribution in [-0.4, -0.2) is 34.9 Å². The van der Waals surface area contributed by atoms with Gasteiger partial charge in [-0.15, -0.1) is 0 Å². The number of carbonyl (C=O) groups excluding carboxylic acids is 1. The molecule has 0 aromatic carbocycles. The zero-order valence-electron chi connectivity index (χ0n) is 43.6. The van der Waals surface area contributed by atoms with Crippen LogP contribution in [-0.2, 0) is 4.79 Å². The standard InChI is InChI=1S/C59H119NO3/c1-3-5-7-9-11-13-15-17-19-21-23-25-26-27-28-29-30-31-32-33-34-35-36-38-40-42-44-46-48-50-52-54-58(62)57(56-61)60-59(63)55-53-51-49-47-45-43-41-39-37-24-22-20-18-16-14-12-10-8-6-4-2/h57-58,61-62H,3-56H2,1-2H3,(H,60,63). The molecule has 378 valence electrons. The van der Waals surface area contributed by atoms with E-state index in [1.165, 1.54) is 302 Å². The van der Waals surface area contributed by atoms with Gasteiger partial charge in [-0.05, 0) is 12.8 Å². The predicted molar refractivity (Wildman–Crippen MR) is 281 cm³/mol. The Balaban J connectivity index is 3.37. The molecule has 0 aromatic rings. The molecule has 63 heavy (non-hydrogen) atoms. The summed E-state index contributed by atoms with van der Waals surface area (Å²) in [4.78, 5) is 12.5. The highest BCUT2D eigenvalue weighted by atomic mass is 16.3. The van der Waals surface area contributed by atoms with Crippen LogP contribution >= 0.6 is 0 Å². The summed E-state index contributed by atoms with van der Waals surface area (Å²) in [7, 11) is 0. The van der Waals surface area contributed by atoms with Gasteiger partial charge in [0.1, 0.15) is 0 Å². The number of unbranched alkanes of at least 4 members (excludes halogenated alkanes) is 49. The van der Waals surface area contributed by atoms with Crippen molar-refractivity contribution in [3.63, 3.8) is 0 Å². The number of nitrogens with one attached hydrogen (secondary N) is 1. The molecule has 0 aliphatic rings. The van der Waals surface area contributed by atoms with Crippen LogP contribution in [0, 0.1) is 0 Å². The first-order valence-corrected chi connectivity index (χ1v) is 29.7. The summed E-state index contributed by atoms with van der Waals surface area (Å²) in [6.45, 7) is 4.41. The largest absolute Gasteiger partial charge is 0.394 e. The second-order valence-electron chi connectivity index (χ2n) is 20.8. The summed E-state index contributed by atoms with van der Waals surface area (Å²) in [5.74, 6) is -0.0218. The molecule has 4 heteroatoms. The maximum absolute atomic E-state index is 12.5. The van der Waals surface area contributed by atoms with Gasteiger partial charge < -0.3 is 15.5 Å². The Bertz CT molecular complexity index is 834. The average molecular weight is 891 g/mol. The minimum Gasteiger partial charge on any atom is -0.394 e. The molecule has 4 nitrogen and oxygen atoms in total.